The van der Waals surface area contributed by atoms with Crippen LogP contribution in [0.1, 0.15) is 10.6 Å². The first-order chi connectivity index (χ1) is 10.1. The summed E-state index contributed by atoms with van der Waals surface area (Å²) in [7, 11) is 0. The van der Waals surface area contributed by atoms with Gasteiger partial charge in [-0.2, -0.15) is 0 Å². The van der Waals surface area contributed by atoms with E-state index in [1.165, 1.54) is 17.4 Å². The molecule has 0 fully saturated rings. The number of nitrogens with zero attached hydrogens (tertiary/aromatic N) is 1. The predicted octanol–water partition coefficient (Wildman–Crippen LogP) is 4.88. The number of halogens is 2. The fourth-order valence-corrected chi connectivity index (χ4v) is 3.21. The van der Waals surface area contributed by atoms with Gasteiger partial charge < -0.3 is 5.73 Å². The van der Waals surface area contributed by atoms with E-state index in [0.717, 1.165) is 27.2 Å². The molecular formula is C16H12BrFN2S. The number of aromatic nitrogens is 1. The summed E-state index contributed by atoms with van der Waals surface area (Å²) in [5.41, 5.74) is 8.74. The SMILES string of the molecule is Nc1ccc(Cc2nc(-c3cc(Br)ccc3F)cs2)cc1. The van der Waals surface area contributed by atoms with E-state index in [-0.39, 0.29) is 5.82 Å². The largest absolute Gasteiger partial charge is 0.399 e. The van der Waals surface area contributed by atoms with Gasteiger partial charge in [-0.1, -0.05) is 28.1 Å². The van der Waals surface area contributed by atoms with Gasteiger partial charge in [-0.3, -0.25) is 0 Å². The highest BCUT2D eigenvalue weighted by atomic mass is 79.9. The van der Waals surface area contributed by atoms with E-state index in [1.54, 1.807) is 12.1 Å². The Balaban J connectivity index is 1.86. The molecule has 5 heteroatoms. The molecule has 0 atom stereocenters. The minimum Gasteiger partial charge on any atom is -0.399 e. The van der Waals surface area contributed by atoms with Gasteiger partial charge in [0.1, 0.15) is 5.82 Å². The highest BCUT2D eigenvalue weighted by molar-refractivity contribution is 9.10. The van der Waals surface area contributed by atoms with Crippen molar-refractivity contribution in [3.63, 3.8) is 0 Å². The Bertz CT molecular complexity index is 768. The van der Waals surface area contributed by atoms with Gasteiger partial charge >= 0.3 is 0 Å². The number of hydrogen-bond acceptors (Lipinski definition) is 3. The van der Waals surface area contributed by atoms with Crippen LogP contribution in [0.15, 0.2) is 52.3 Å². The molecule has 0 unspecified atom stereocenters. The lowest BCUT2D eigenvalue weighted by atomic mass is 10.1. The third kappa shape index (κ3) is 3.31. The second kappa shape index (κ2) is 5.95. The summed E-state index contributed by atoms with van der Waals surface area (Å²) in [6.45, 7) is 0. The zero-order valence-corrected chi connectivity index (χ0v) is 13.4. The van der Waals surface area contributed by atoms with E-state index in [1.807, 2.05) is 29.6 Å². The molecule has 2 nitrogen and oxygen atoms in total. The van der Waals surface area contributed by atoms with Crippen LogP contribution in [0.5, 0.6) is 0 Å². The maximum absolute atomic E-state index is 13.9. The van der Waals surface area contributed by atoms with Crippen molar-refractivity contribution in [3.05, 3.63) is 68.7 Å². The van der Waals surface area contributed by atoms with Crippen LogP contribution in [0.4, 0.5) is 10.1 Å². The molecule has 0 aliphatic carbocycles. The summed E-state index contributed by atoms with van der Waals surface area (Å²) in [4.78, 5) is 4.53. The van der Waals surface area contributed by atoms with Crippen molar-refractivity contribution < 1.29 is 4.39 Å². The van der Waals surface area contributed by atoms with Crippen molar-refractivity contribution >= 4 is 33.0 Å². The molecule has 0 saturated heterocycles. The van der Waals surface area contributed by atoms with Gasteiger partial charge in [-0.25, -0.2) is 9.37 Å². The number of rotatable bonds is 3. The van der Waals surface area contributed by atoms with Crippen LogP contribution in [0, 0.1) is 5.82 Å². The van der Waals surface area contributed by atoms with E-state index < -0.39 is 0 Å². The highest BCUT2D eigenvalue weighted by Gasteiger charge is 2.10. The second-order valence-electron chi connectivity index (χ2n) is 4.67. The molecule has 3 aromatic rings. The van der Waals surface area contributed by atoms with Gasteiger partial charge in [0.05, 0.1) is 10.7 Å². The lowest BCUT2D eigenvalue weighted by Gasteiger charge is -2.01. The summed E-state index contributed by atoms with van der Waals surface area (Å²) in [5.74, 6) is -0.262. The third-order valence-electron chi connectivity index (χ3n) is 3.09. The van der Waals surface area contributed by atoms with Crippen molar-refractivity contribution in [2.45, 2.75) is 6.42 Å². The van der Waals surface area contributed by atoms with E-state index in [2.05, 4.69) is 20.9 Å². The molecule has 21 heavy (non-hydrogen) atoms. The minimum atomic E-state index is -0.262. The van der Waals surface area contributed by atoms with E-state index >= 15 is 0 Å². The van der Waals surface area contributed by atoms with Crippen molar-refractivity contribution in [3.8, 4) is 11.3 Å². The van der Waals surface area contributed by atoms with Crippen LogP contribution in [0.3, 0.4) is 0 Å². The van der Waals surface area contributed by atoms with Crippen molar-refractivity contribution in [2.24, 2.45) is 0 Å². The summed E-state index contributed by atoms with van der Waals surface area (Å²) >= 11 is 4.89. The predicted molar refractivity (Wildman–Crippen MR) is 88.9 cm³/mol. The number of nitrogen functional groups attached to an aromatic ring is 1. The zero-order valence-electron chi connectivity index (χ0n) is 11.0. The standard InChI is InChI=1S/C16H12BrFN2S/c17-11-3-6-14(18)13(8-11)15-9-21-16(20-15)7-10-1-4-12(19)5-2-10/h1-6,8-9H,7,19H2. The Morgan fingerprint density at radius 3 is 2.67 bits per heavy atom. The molecule has 0 radical (unpaired) electrons. The smallest absolute Gasteiger partial charge is 0.132 e. The average Bonchev–Trinajstić information content (AvgIpc) is 2.92. The molecular weight excluding hydrogens is 351 g/mol. The Morgan fingerprint density at radius 2 is 1.90 bits per heavy atom. The molecule has 0 bridgehead atoms. The Kier molecular flexibility index (Phi) is 4.03. The molecule has 0 amide bonds. The van der Waals surface area contributed by atoms with Crippen LogP contribution in [-0.4, -0.2) is 4.98 Å². The van der Waals surface area contributed by atoms with Crippen LogP contribution >= 0.6 is 27.3 Å². The number of nitrogens with two attached hydrogens (primary N) is 1. The van der Waals surface area contributed by atoms with Gasteiger partial charge in [-0.05, 0) is 35.9 Å². The lowest BCUT2D eigenvalue weighted by Crippen LogP contribution is -1.90. The van der Waals surface area contributed by atoms with Crippen molar-refractivity contribution in [1.29, 1.82) is 0 Å². The monoisotopic (exact) mass is 362 g/mol. The number of anilines is 1. The molecule has 2 N–H and O–H groups in total. The quantitative estimate of drug-likeness (QED) is 0.674. The van der Waals surface area contributed by atoms with Gasteiger partial charge in [0.25, 0.3) is 0 Å². The molecule has 0 aliphatic rings. The molecule has 1 heterocycles. The Morgan fingerprint density at radius 1 is 1.14 bits per heavy atom. The first-order valence-corrected chi connectivity index (χ1v) is 8.03. The van der Waals surface area contributed by atoms with Gasteiger partial charge in [-0.15, -0.1) is 11.3 Å². The van der Waals surface area contributed by atoms with Gasteiger partial charge in [0.2, 0.25) is 0 Å². The van der Waals surface area contributed by atoms with Crippen LogP contribution < -0.4 is 5.73 Å². The molecule has 3 rings (SSSR count). The number of benzene rings is 2. The van der Waals surface area contributed by atoms with Gasteiger partial charge in [0.15, 0.2) is 0 Å². The van der Waals surface area contributed by atoms with E-state index in [9.17, 15) is 4.39 Å². The Labute approximate surface area is 134 Å². The molecule has 2 aromatic carbocycles. The maximum atomic E-state index is 13.9. The minimum absolute atomic E-state index is 0.262. The van der Waals surface area contributed by atoms with Crippen LogP contribution in [0.25, 0.3) is 11.3 Å². The average molecular weight is 363 g/mol. The summed E-state index contributed by atoms with van der Waals surface area (Å²) < 4.78 is 14.7. The highest BCUT2D eigenvalue weighted by Crippen LogP contribution is 2.28. The topological polar surface area (TPSA) is 38.9 Å². The third-order valence-corrected chi connectivity index (χ3v) is 4.43. The fraction of sp³-hybridized carbons (Fsp3) is 0.0625. The molecule has 106 valence electrons. The van der Waals surface area contributed by atoms with Crippen molar-refractivity contribution in [2.75, 3.05) is 5.73 Å². The number of hydrogen-bond donors (Lipinski definition) is 1. The fourth-order valence-electron chi connectivity index (χ4n) is 2.02. The van der Waals surface area contributed by atoms with E-state index in [0.29, 0.717) is 11.3 Å². The zero-order chi connectivity index (χ0) is 14.8. The first kappa shape index (κ1) is 14.2. The summed E-state index contributed by atoms with van der Waals surface area (Å²) in [6, 6.07) is 12.6. The van der Waals surface area contributed by atoms with E-state index in [4.69, 9.17) is 5.73 Å². The first-order valence-electron chi connectivity index (χ1n) is 6.36. The van der Waals surface area contributed by atoms with Crippen molar-refractivity contribution in [1.82, 2.24) is 4.98 Å². The Hall–Kier alpha value is -1.72. The molecule has 0 saturated carbocycles. The molecule has 0 aliphatic heterocycles. The molecule has 1 aromatic heterocycles. The normalized spacial score (nSPS) is 10.8. The van der Waals surface area contributed by atoms with Crippen LogP contribution in [-0.2, 0) is 6.42 Å². The van der Waals surface area contributed by atoms with Gasteiger partial charge in [0, 0.05) is 27.5 Å². The maximum Gasteiger partial charge on any atom is 0.132 e. The van der Waals surface area contributed by atoms with Crippen LogP contribution in [0.2, 0.25) is 0 Å². The number of thiazole rings is 1. The lowest BCUT2D eigenvalue weighted by molar-refractivity contribution is 0.630. The summed E-state index contributed by atoms with van der Waals surface area (Å²) in [5, 5.41) is 2.84. The molecule has 0 spiro atoms. The second-order valence-corrected chi connectivity index (χ2v) is 6.53. The summed E-state index contributed by atoms with van der Waals surface area (Å²) in [6.07, 6.45) is 0.723.